The van der Waals surface area contributed by atoms with Crippen LogP contribution >= 0.6 is 0 Å². The van der Waals surface area contributed by atoms with Gasteiger partial charge in [0.1, 0.15) is 17.8 Å². The van der Waals surface area contributed by atoms with Gasteiger partial charge in [0.05, 0.1) is 25.2 Å². The van der Waals surface area contributed by atoms with Crippen molar-refractivity contribution in [1.29, 1.82) is 0 Å². The summed E-state index contributed by atoms with van der Waals surface area (Å²) in [7, 11) is 0. The molecular formula is C28H43NO9. The smallest absolute Gasteiger partial charge is 0.409 e. The summed E-state index contributed by atoms with van der Waals surface area (Å²) in [5.74, 6) is -1.50. The Morgan fingerprint density at radius 2 is 1.95 bits per heavy atom. The van der Waals surface area contributed by atoms with Gasteiger partial charge in [-0.3, -0.25) is 9.59 Å². The maximum atomic E-state index is 12.5. The molecule has 38 heavy (non-hydrogen) atoms. The summed E-state index contributed by atoms with van der Waals surface area (Å²) in [6.45, 7) is 9.31. The summed E-state index contributed by atoms with van der Waals surface area (Å²) in [5, 5.41) is 30.8. The number of aliphatic hydroxyl groups is 3. The maximum absolute atomic E-state index is 12.5. The summed E-state index contributed by atoms with van der Waals surface area (Å²) in [6.07, 6.45) is 5.86. The number of nitrogens with zero attached hydrogens (tertiary/aromatic N) is 1. The average Bonchev–Trinajstić information content (AvgIpc) is 3.27. The number of hydrogen-bond acceptors (Lipinski definition) is 9. The number of amides is 1. The first kappa shape index (κ1) is 31.5. The van der Waals surface area contributed by atoms with Gasteiger partial charge in [0.25, 0.3) is 0 Å². The molecule has 1 fully saturated rings. The van der Waals surface area contributed by atoms with Gasteiger partial charge in [-0.1, -0.05) is 38.2 Å². The quantitative estimate of drug-likeness (QED) is 0.202. The molecule has 10 nitrogen and oxygen atoms in total. The van der Waals surface area contributed by atoms with Crippen LogP contribution in [0.25, 0.3) is 0 Å². The first-order valence-electron chi connectivity index (χ1n) is 13.2. The first-order chi connectivity index (χ1) is 17.8. The minimum Gasteiger partial charge on any atom is -0.457 e. The fraction of sp³-hybridized carbons (Fsp3) is 0.679. The van der Waals surface area contributed by atoms with Crippen LogP contribution in [0, 0.1) is 11.8 Å². The molecule has 1 amide bonds. The zero-order valence-electron chi connectivity index (χ0n) is 23.0. The third-order valence-electron chi connectivity index (χ3n) is 6.76. The highest BCUT2D eigenvalue weighted by atomic mass is 16.6. The average molecular weight is 538 g/mol. The summed E-state index contributed by atoms with van der Waals surface area (Å²) >= 11 is 0. The number of β-amino-alcohol motifs (C(OH)–C–C–N with tert-alkyl or cyclic N) is 1. The molecule has 2 rings (SSSR count). The third-order valence-corrected chi connectivity index (χ3v) is 6.76. The van der Waals surface area contributed by atoms with Gasteiger partial charge in [-0.05, 0) is 44.8 Å². The Bertz CT molecular complexity index is 910. The standard InChI is InChI=1S/C28H43NO9/c1-18(17-36-27(34)29-14-12-23(32)16-29)7-6-8-19(2)26-20(3)9-10-24(37-21(4)30)28(5,35)13-11-22(31)15-25(33)38-26/h6-10,18,20,22-24,26,31-32,35H,11-17H2,1-5H3/b7-6+,10-9-,19-8+/t18-,20+,22-,23+,24+,26-,28-/m1/s1. The highest BCUT2D eigenvalue weighted by Gasteiger charge is 2.35. The first-order valence-corrected chi connectivity index (χ1v) is 13.2. The lowest BCUT2D eigenvalue weighted by Gasteiger charge is -2.32. The molecule has 0 aliphatic carbocycles. The summed E-state index contributed by atoms with van der Waals surface area (Å²) in [4.78, 5) is 37.8. The van der Waals surface area contributed by atoms with Crippen LogP contribution in [0.2, 0.25) is 0 Å². The highest BCUT2D eigenvalue weighted by molar-refractivity contribution is 5.70. The molecule has 0 aromatic carbocycles. The van der Waals surface area contributed by atoms with Crippen molar-refractivity contribution >= 4 is 18.0 Å². The van der Waals surface area contributed by atoms with E-state index in [1.54, 1.807) is 24.3 Å². The van der Waals surface area contributed by atoms with Crippen LogP contribution < -0.4 is 0 Å². The van der Waals surface area contributed by atoms with E-state index in [4.69, 9.17) is 14.2 Å². The monoisotopic (exact) mass is 537 g/mol. The molecule has 2 aliphatic heterocycles. The Labute approximate surface area is 224 Å². The van der Waals surface area contributed by atoms with E-state index in [2.05, 4.69) is 0 Å². The lowest BCUT2D eigenvalue weighted by atomic mass is 9.88. The van der Waals surface area contributed by atoms with Gasteiger partial charge in [0.2, 0.25) is 0 Å². The van der Waals surface area contributed by atoms with Crippen LogP contribution in [-0.4, -0.2) is 88.0 Å². The van der Waals surface area contributed by atoms with Gasteiger partial charge < -0.3 is 34.4 Å². The topological polar surface area (TPSA) is 143 Å². The van der Waals surface area contributed by atoms with Gasteiger partial charge in [0.15, 0.2) is 0 Å². The van der Waals surface area contributed by atoms with Gasteiger partial charge in [0, 0.05) is 31.8 Å². The van der Waals surface area contributed by atoms with Crippen LogP contribution in [0.15, 0.2) is 36.0 Å². The number of aliphatic hydroxyl groups excluding tert-OH is 2. The normalized spacial score (nSPS) is 33.2. The molecule has 0 aromatic heterocycles. The Morgan fingerprint density at radius 3 is 2.58 bits per heavy atom. The molecule has 2 aliphatic rings. The molecule has 0 unspecified atom stereocenters. The molecule has 0 radical (unpaired) electrons. The van der Waals surface area contributed by atoms with E-state index in [-0.39, 0.29) is 44.2 Å². The number of hydrogen-bond donors (Lipinski definition) is 3. The zero-order chi connectivity index (χ0) is 28.5. The molecule has 0 aromatic rings. The Kier molecular flexibility index (Phi) is 12.0. The third kappa shape index (κ3) is 10.2. The number of esters is 2. The van der Waals surface area contributed by atoms with Crippen molar-refractivity contribution in [2.24, 2.45) is 11.8 Å². The van der Waals surface area contributed by atoms with Crippen molar-refractivity contribution in [1.82, 2.24) is 4.90 Å². The van der Waals surface area contributed by atoms with E-state index in [0.29, 0.717) is 13.0 Å². The van der Waals surface area contributed by atoms with Crippen molar-refractivity contribution in [3.63, 3.8) is 0 Å². The van der Waals surface area contributed by atoms with Gasteiger partial charge in [-0.25, -0.2) is 4.79 Å². The minimum absolute atomic E-state index is 0.0754. The van der Waals surface area contributed by atoms with Gasteiger partial charge >= 0.3 is 18.0 Å². The molecule has 10 heteroatoms. The molecule has 3 N–H and O–H groups in total. The van der Waals surface area contributed by atoms with E-state index >= 15 is 0 Å². The van der Waals surface area contributed by atoms with Crippen molar-refractivity contribution in [2.45, 2.75) is 90.3 Å². The molecule has 1 saturated heterocycles. The number of carbonyl (C=O) groups excluding carboxylic acids is 3. The lowest BCUT2D eigenvalue weighted by molar-refractivity contribution is -0.157. The summed E-state index contributed by atoms with van der Waals surface area (Å²) in [6, 6.07) is 0. The molecule has 2 heterocycles. The lowest BCUT2D eigenvalue weighted by Crippen LogP contribution is -2.42. The number of ether oxygens (including phenoxy) is 3. The Hall–Kier alpha value is -2.69. The number of cyclic esters (lactones) is 1. The van der Waals surface area contributed by atoms with E-state index in [1.807, 2.05) is 26.8 Å². The molecule has 0 spiro atoms. The van der Waals surface area contributed by atoms with Crippen LogP contribution in [0.5, 0.6) is 0 Å². The second-order valence-corrected chi connectivity index (χ2v) is 10.7. The van der Waals surface area contributed by atoms with Crippen LogP contribution in [0.1, 0.15) is 60.3 Å². The van der Waals surface area contributed by atoms with Crippen molar-refractivity contribution in [2.75, 3.05) is 19.7 Å². The second kappa shape index (κ2) is 14.5. The van der Waals surface area contributed by atoms with E-state index in [0.717, 1.165) is 5.57 Å². The highest BCUT2D eigenvalue weighted by Crippen LogP contribution is 2.27. The molecular weight excluding hydrogens is 494 g/mol. The Morgan fingerprint density at radius 1 is 1.24 bits per heavy atom. The molecule has 0 saturated carbocycles. The fourth-order valence-corrected chi connectivity index (χ4v) is 4.38. The van der Waals surface area contributed by atoms with Gasteiger partial charge in [-0.15, -0.1) is 0 Å². The number of rotatable bonds is 6. The van der Waals surface area contributed by atoms with E-state index in [9.17, 15) is 29.7 Å². The van der Waals surface area contributed by atoms with Crippen LogP contribution in [-0.2, 0) is 23.8 Å². The molecule has 7 atom stereocenters. The van der Waals surface area contributed by atoms with E-state index in [1.165, 1.54) is 18.7 Å². The summed E-state index contributed by atoms with van der Waals surface area (Å²) in [5.41, 5.74) is -0.687. The van der Waals surface area contributed by atoms with Crippen LogP contribution in [0.3, 0.4) is 0 Å². The van der Waals surface area contributed by atoms with Crippen molar-refractivity contribution in [3.8, 4) is 0 Å². The molecule has 214 valence electrons. The number of carbonyl (C=O) groups is 3. The number of likely N-dealkylation sites (tertiary alicyclic amines) is 1. The Balaban J connectivity index is 2.11. The number of allylic oxidation sites excluding steroid dienone is 2. The summed E-state index contributed by atoms with van der Waals surface area (Å²) < 4.78 is 16.4. The van der Waals surface area contributed by atoms with E-state index < -0.39 is 48.0 Å². The second-order valence-electron chi connectivity index (χ2n) is 10.7. The fourth-order valence-electron chi connectivity index (χ4n) is 4.38. The predicted octanol–water partition coefficient (Wildman–Crippen LogP) is 2.66. The zero-order valence-corrected chi connectivity index (χ0v) is 23.0. The maximum Gasteiger partial charge on any atom is 0.409 e. The SMILES string of the molecule is CC(=O)O[C@H]1/C=C\[C@H](C)[C@@H](/C(C)=C/C=C/[C@@H](C)COC(=O)N2CC[C@H](O)C2)OC(=O)C[C@H](O)CC[C@@]1(C)O. The molecule has 0 bridgehead atoms. The van der Waals surface area contributed by atoms with Gasteiger partial charge in [-0.2, -0.15) is 0 Å². The van der Waals surface area contributed by atoms with Crippen molar-refractivity contribution in [3.05, 3.63) is 36.0 Å². The largest absolute Gasteiger partial charge is 0.457 e. The van der Waals surface area contributed by atoms with Crippen LogP contribution in [0.4, 0.5) is 4.79 Å². The predicted molar refractivity (Wildman–Crippen MR) is 140 cm³/mol. The minimum atomic E-state index is -1.43. The van der Waals surface area contributed by atoms with Crippen molar-refractivity contribution < 1.29 is 43.9 Å².